The summed E-state index contributed by atoms with van der Waals surface area (Å²) in [5.74, 6) is -0.141. The first-order valence-electron chi connectivity index (χ1n) is 8.82. The van der Waals surface area contributed by atoms with E-state index in [-0.39, 0.29) is 43.1 Å². The van der Waals surface area contributed by atoms with Crippen molar-refractivity contribution in [3.63, 3.8) is 0 Å². The first-order valence-corrected chi connectivity index (χ1v) is 10.3. The second-order valence-electron chi connectivity index (χ2n) is 6.47. The fourth-order valence-corrected chi connectivity index (χ4v) is 4.71. The minimum absolute atomic E-state index is 0.130. The van der Waals surface area contributed by atoms with Crippen molar-refractivity contribution in [3.05, 3.63) is 65.7 Å². The van der Waals surface area contributed by atoms with Crippen molar-refractivity contribution in [2.45, 2.75) is 10.9 Å². The Bertz CT molecular complexity index is 969. The molecule has 146 valence electrons. The third-order valence-electron chi connectivity index (χ3n) is 4.71. The van der Waals surface area contributed by atoms with Crippen molar-refractivity contribution in [1.29, 1.82) is 5.26 Å². The number of carbonyl (C=O) groups is 1. The Morgan fingerprint density at radius 1 is 1.14 bits per heavy atom. The van der Waals surface area contributed by atoms with E-state index in [1.807, 2.05) is 12.1 Å². The number of ether oxygens (including phenoxy) is 1. The fraction of sp³-hybridized carbons (Fsp3) is 0.300. The van der Waals surface area contributed by atoms with Crippen molar-refractivity contribution in [2.24, 2.45) is 0 Å². The molecule has 0 aromatic heterocycles. The summed E-state index contributed by atoms with van der Waals surface area (Å²) >= 11 is 0. The number of piperazine rings is 1. The maximum atomic E-state index is 13.0. The molecule has 0 aliphatic carbocycles. The summed E-state index contributed by atoms with van der Waals surface area (Å²) in [5, 5.41) is 8.89. The lowest BCUT2D eigenvalue weighted by Crippen LogP contribution is -2.57. The molecule has 7 nitrogen and oxygen atoms in total. The molecule has 1 aliphatic rings. The van der Waals surface area contributed by atoms with Crippen LogP contribution in [0.5, 0.6) is 0 Å². The van der Waals surface area contributed by atoms with Gasteiger partial charge in [0.1, 0.15) is 0 Å². The topological polar surface area (TPSA) is 90.7 Å². The average Bonchev–Trinajstić information content (AvgIpc) is 2.74. The Morgan fingerprint density at radius 3 is 2.43 bits per heavy atom. The number of nitriles is 1. The zero-order valence-corrected chi connectivity index (χ0v) is 16.3. The van der Waals surface area contributed by atoms with Gasteiger partial charge in [-0.15, -0.1) is 0 Å². The molecule has 0 spiro atoms. The summed E-state index contributed by atoms with van der Waals surface area (Å²) in [7, 11) is -2.19. The molecule has 0 bridgehead atoms. The van der Waals surface area contributed by atoms with Gasteiger partial charge in [-0.05, 0) is 36.4 Å². The summed E-state index contributed by atoms with van der Waals surface area (Å²) in [4.78, 5) is 14.7. The molecular weight excluding hydrogens is 378 g/mol. The molecule has 3 rings (SSSR count). The molecule has 1 heterocycles. The number of hydrogen-bond donors (Lipinski definition) is 0. The molecule has 2 aromatic rings. The lowest BCUT2D eigenvalue weighted by molar-refractivity contribution is 0.0359. The highest BCUT2D eigenvalue weighted by molar-refractivity contribution is 7.89. The van der Waals surface area contributed by atoms with E-state index in [1.165, 1.54) is 35.7 Å². The number of sulfonamides is 1. The Kier molecular flexibility index (Phi) is 6.09. The molecule has 0 N–H and O–H groups in total. The number of rotatable bonds is 5. The van der Waals surface area contributed by atoms with E-state index >= 15 is 0 Å². The third-order valence-corrected chi connectivity index (χ3v) is 6.59. The number of nitrogens with zero attached hydrogens (tertiary/aromatic N) is 3. The molecule has 0 unspecified atom stereocenters. The number of methoxy groups -OCH3 is 1. The van der Waals surface area contributed by atoms with Crippen molar-refractivity contribution < 1.29 is 17.9 Å². The number of benzene rings is 2. The standard InChI is InChI=1S/C20H21N3O4S/c1-27-15-18-14-22(28(25,26)19-9-7-16(13-21)8-10-19)11-12-23(18)20(24)17-5-3-2-4-6-17/h2-10,18H,11-12,14-15H2,1H3/t18-/m1/s1. The van der Waals surface area contributed by atoms with Crippen LogP contribution in [0, 0.1) is 11.3 Å². The number of carbonyl (C=O) groups excluding carboxylic acids is 1. The quantitative estimate of drug-likeness (QED) is 0.764. The molecule has 0 radical (unpaired) electrons. The number of hydrogen-bond acceptors (Lipinski definition) is 5. The molecule has 28 heavy (non-hydrogen) atoms. The van der Waals surface area contributed by atoms with Crippen molar-refractivity contribution >= 4 is 15.9 Å². The van der Waals surface area contributed by atoms with Crippen LogP contribution < -0.4 is 0 Å². The third kappa shape index (κ3) is 4.07. The van der Waals surface area contributed by atoms with Gasteiger partial charge in [-0.3, -0.25) is 4.79 Å². The Morgan fingerprint density at radius 2 is 1.82 bits per heavy atom. The summed E-state index contributed by atoms with van der Waals surface area (Å²) in [6.45, 7) is 0.852. The minimum Gasteiger partial charge on any atom is -0.382 e. The second kappa shape index (κ2) is 8.52. The molecule has 1 amide bonds. The molecule has 1 aliphatic heterocycles. The molecule has 8 heteroatoms. The van der Waals surface area contributed by atoms with Gasteiger partial charge in [0.25, 0.3) is 5.91 Å². The highest BCUT2D eigenvalue weighted by Gasteiger charge is 2.36. The minimum atomic E-state index is -3.72. The SMILES string of the molecule is COC[C@H]1CN(S(=O)(=O)c2ccc(C#N)cc2)CCN1C(=O)c1ccccc1. The molecule has 1 saturated heterocycles. The van der Waals surface area contributed by atoms with Gasteiger partial charge in [-0.1, -0.05) is 18.2 Å². The van der Waals surface area contributed by atoms with Crippen LogP contribution in [-0.4, -0.2) is 62.9 Å². The fourth-order valence-electron chi connectivity index (χ4n) is 3.24. The van der Waals surface area contributed by atoms with Crippen LogP contribution in [0.3, 0.4) is 0 Å². The van der Waals surface area contributed by atoms with Gasteiger partial charge < -0.3 is 9.64 Å². The molecule has 2 aromatic carbocycles. The Balaban J connectivity index is 1.81. The van der Waals surface area contributed by atoms with E-state index in [9.17, 15) is 13.2 Å². The molecular formula is C20H21N3O4S. The maximum absolute atomic E-state index is 13.0. The van der Waals surface area contributed by atoms with Crippen LogP contribution in [0.2, 0.25) is 0 Å². The van der Waals surface area contributed by atoms with E-state index in [0.29, 0.717) is 11.1 Å². The first-order chi connectivity index (χ1) is 13.5. The van der Waals surface area contributed by atoms with Gasteiger partial charge in [-0.25, -0.2) is 8.42 Å². The Hall–Kier alpha value is -2.73. The van der Waals surface area contributed by atoms with E-state index in [0.717, 1.165) is 0 Å². The van der Waals surface area contributed by atoms with Crippen LogP contribution in [0.25, 0.3) is 0 Å². The van der Waals surface area contributed by atoms with Crippen LogP contribution in [0.1, 0.15) is 15.9 Å². The van der Waals surface area contributed by atoms with Gasteiger partial charge in [0.15, 0.2) is 0 Å². The predicted octanol–water partition coefficient (Wildman–Crippen LogP) is 1.72. The largest absolute Gasteiger partial charge is 0.382 e. The molecule has 0 saturated carbocycles. The first kappa shape index (κ1) is 20.0. The van der Waals surface area contributed by atoms with Crippen LogP contribution in [-0.2, 0) is 14.8 Å². The van der Waals surface area contributed by atoms with Crippen molar-refractivity contribution in [1.82, 2.24) is 9.21 Å². The van der Waals surface area contributed by atoms with E-state index in [1.54, 1.807) is 29.2 Å². The summed E-state index contributed by atoms with van der Waals surface area (Å²) in [5.41, 5.74) is 0.960. The lowest BCUT2D eigenvalue weighted by atomic mass is 10.1. The number of amides is 1. The smallest absolute Gasteiger partial charge is 0.254 e. The summed E-state index contributed by atoms with van der Waals surface area (Å²) < 4.78 is 32.6. The van der Waals surface area contributed by atoms with Crippen LogP contribution in [0.15, 0.2) is 59.5 Å². The van der Waals surface area contributed by atoms with Gasteiger partial charge >= 0.3 is 0 Å². The van der Waals surface area contributed by atoms with Crippen molar-refractivity contribution in [3.8, 4) is 6.07 Å². The van der Waals surface area contributed by atoms with Crippen LogP contribution >= 0.6 is 0 Å². The van der Waals surface area contributed by atoms with Crippen molar-refractivity contribution in [2.75, 3.05) is 33.4 Å². The average molecular weight is 399 g/mol. The zero-order valence-electron chi connectivity index (χ0n) is 15.5. The maximum Gasteiger partial charge on any atom is 0.254 e. The summed E-state index contributed by atoms with van der Waals surface area (Å²) in [6, 6.07) is 16.3. The van der Waals surface area contributed by atoms with Gasteiger partial charge in [0.2, 0.25) is 10.0 Å². The summed E-state index contributed by atoms with van der Waals surface area (Å²) in [6.07, 6.45) is 0. The normalized spacial score (nSPS) is 17.9. The van der Waals surface area contributed by atoms with Gasteiger partial charge in [0, 0.05) is 32.3 Å². The molecule has 1 atom stereocenters. The van der Waals surface area contributed by atoms with Gasteiger partial charge in [0.05, 0.1) is 29.2 Å². The van der Waals surface area contributed by atoms with Gasteiger partial charge in [-0.2, -0.15) is 9.57 Å². The Labute approximate surface area is 164 Å². The monoisotopic (exact) mass is 399 g/mol. The highest BCUT2D eigenvalue weighted by Crippen LogP contribution is 2.22. The van der Waals surface area contributed by atoms with E-state index < -0.39 is 10.0 Å². The van der Waals surface area contributed by atoms with E-state index in [4.69, 9.17) is 10.00 Å². The predicted molar refractivity (Wildman–Crippen MR) is 103 cm³/mol. The zero-order chi connectivity index (χ0) is 20.1. The molecule has 1 fully saturated rings. The highest BCUT2D eigenvalue weighted by atomic mass is 32.2. The second-order valence-corrected chi connectivity index (χ2v) is 8.41. The van der Waals surface area contributed by atoms with E-state index in [2.05, 4.69) is 0 Å². The lowest BCUT2D eigenvalue weighted by Gasteiger charge is -2.40. The van der Waals surface area contributed by atoms with Crippen LogP contribution in [0.4, 0.5) is 0 Å².